The Morgan fingerprint density at radius 3 is 2.69 bits per heavy atom. The molecule has 0 atom stereocenters. The van der Waals surface area contributed by atoms with Gasteiger partial charge in [-0.15, -0.1) is 16.8 Å². The summed E-state index contributed by atoms with van der Waals surface area (Å²) in [5.41, 5.74) is 1.92. The van der Waals surface area contributed by atoms with Gasteiger partial charge in [0.05, 0.1) is 18.6 Å². The maximum absolute atomic E-state index is 12.4. The van der Waals surface area contributed by atoms with Crippen molar-refractivity contribution in [2.45, 2.75) is 38.1 Å². The van der Waals surface area contributed by atoms with E-state index in [2.05, 4.69) is 41.1 Å². The van der Waals surface area contributed by atoms with E-state index in [0.29, 0.717) is 29.0 Å². The average Bonchev–Trinajstić information content (AvgIpc) is 3.19. The lowest BCUT2D eigenvalue weighted by molar-refractivity contribution is -0.113. The highest BCUT2D eigenvalue weighted by Gasteiger charge is 2.15. The molecule has 0 bridgehead atoms. The van der Waals surface area contributed by atoms with Crippen molar-refractivity contribution in [3.05, 3.63) is 72.6 Å². The van der Waals surface area contributed by atoms with E-state index in [1.165, 1.54) is 17.3 Å². The van der Waals surface area contributed by atoms with E-state index in [4.69, 9.17) is 9.47 Å². The molecule has 0 aliphatic rings. The van der Waals surface area contributed by atoms with E-state index in [9.17, 15) is 4.79 Å². The second-order valence-electron chi connectivity index (χ2n) is 7.02. The Hall–Kier alpha value is -3.26. The minimum absolute atomic E-state index is 0.155. The maximum Gasteiger partial charge on any atom is 0.234 e. The second-order valence-corrected chi connectivity index (χ2v) is 7.96. The molecule has 0 spiro atoms. The average molecular weight is 453 g/mol. The summed E-state index contributed by atoms with van der Waals surface area (Å²) in [6, 6.07) is 15.4. The zero-order valence-corrected chi connectivity index (χ0v) is 19.2. The number of nitrogens with one attached hydrogen (secondary N) is 1. The van der Waals surface area contributed by atoms with Gasteiger partial charge in [-0.2, -0.15) is 0 Å². The Morgan fingerprint density at radius 2 is 1.97 bits per heavy atom. The molecule has 0 saturated heterocycles. The van der Waals surface area contributed by atoms with Crippen LogP contribution in [-0.2, 0) is 24.4 Å². The van der Waals surface area contributed by atoms with Crippen molar-refractivity contribution < 1.29 is 14.3 Å². The molecule has 1 amide bonds. The molecular weight excluding hydrogens is 424 g/mol. The smallest absolute Gasteiger partial charge is 0.234 e. The summed E-state index contributed by atoms with van der Waals surface area (Å²) >= 11 is 1.31. The van der Waals surface area contributed by atoms with Gasteiger partial charge in [0, 0.05) is 6.54 Å². The zero-order chi connectivity index (χ0) is 22.8. The van der Waals surface area contributed by atoms with Gasteiger partial charge < -0.3 is 14.8 Å². The fourth-order valence-electron chi connectivity index (χ4n) is 3.10. The van der Waals surface area contributed by atoms with Gasteiger partial charge in [-0.05, 0) is 36.2 Å². The number of aryl methyl sites for hydroxylation is 1. The lowest BCUT2D eigenvalue weighted by atomic mass is 10.1. The summed E-state index contributed by atoms with van der Waals surface area (Å²) in [7, 11) is 1.57. The summed E-state index contributed by atoms with van der Waals surface area (Å²) in [5, 5.41) is 12.0. The predicted molar refractivity (Wildman–Crippen MR) is 127 cm³/mol. The molecule has 0 aliphatic carbocycles. The molecule has 1 heterocycles. The molecule has 8 heteroatoms. The monoisotopic (exact) mass is 452 g/mol. The van der Waals surface area contributed by atoms with Crippen molar-refractivity contribution in [1.82, 2.24) is 14.8 Å². The van der Waals surface area contributed by atoms with Gasteiger partial charge >= 0.3 is 0 Å². The summed E-state index contributed by atoms with van der Waals surface area (Å²) in [5.74, 6) is 2.10. The SMILES string of the molecule is C=CCn1c(COc2ccc(CCC)cc2)nnc1SCC(=O)Nc1ccccc1OC. The molecule has 0 aliphatic heterocycles. The van der Waals surface area contributed by atoms with E-state index in [-0.39, 0.29) is 18.3 Å². The van der Waals surface area contributed by atoms with E-state index in [1.54, 1.807) is 25.3 Å². The van der Waals surface area contributed by atoms with E-state index < -0.39 is 0 Å². The Labute approximate surface area is 192 Å². The van der Waals surface area contributed by atoms with Crippen LogP contribution in [0.1, 0.15) is 24.7 Å². The van der Waals surface area contributed by atoms with Crippen LogP contribution in [0.25, 0.3) is 0 Å². The summed E-state index contributed by atoms with van der Waals surface area (Å²) in [6.45, 7) is 6.78. The number of amides is 1. The number of methoxy groups -OCH3 is 1. The molecule has 0 unspecified atom stereocenters. The second kappa shape index (κ2) is 12.0. The molecule has 0 radical (unpaired) electrons. The number of hydrogen-bond acceptors (Lipinski definition) is 6. The van der Waals surface area contributed by atoms with Crippen LogP contribution in [-0.4, -0.2) is 33.5 Å². The highest BCUT2D eigenvalue weighted by molar-refractivity contribution is 7.99. The number of carbonyl (C=O) groups excluding carboxylic acids is 1. The molecule has 0 saturated carbocycles. The van der Waals surface area contributed by atoms with Crippen LogP contribution >= 0.6 is 11.8 Å². The third-order valence-electron chi connectivity index (χ3n) is 4.65. The van der Waals surface area contributed by atoms with Gasteiger partial charge in [0.2, 0.25) is 5.91 Å². The summed E-state index contributed by atoms with van der Waals surface area (Å²) in [6.07, 6.45) is 3.94. The van der Waals surface area contributed by atoms with Crippen molar-refractivity contribution in [3.8, 4) is 11.5 Å². The van der Waals surface area contributed by atoms with Crippen LogP contribution in [0.4, 0.5) is 5.69 Å². The Morgan fingerprint density at radius 1 is 1.19 bits per heavy atom. The van der Waals surface area contributed by atoms with Gasteiger partial charge in [0.25, 0.3) is 0 Å². The first-order valence-corrected chi connectivity index (χ1v) is 11.4. The normalized spacial score (nSPS) is 10.6. The number of para-hydroxylation sites is 2. The molecule has 7 nitrogen and oxygen atoms in total. The van der Waals surface area contributed by atoms with Crippen LogP contribution in [0.15, 0.2) is 66.3 Å². The Bertz CT molecular complexity index is 1030. The van der Waals surface area contributed by atoms with Gasteiger partial charge in [-0.1, -0.05) is 55.4 Å². The fourth-order valence-corrected chi connectivity index (χ4v) is 3.86. The predicted octanol–water partition coefficient (Wildman–Crippen LogP) is 4.74. The number of ether oxygens (including phenoxy) is 2. The quantitative estimate of drug-likeness (QED) is 0.316. The number of aromatic nitrogens is 3. The lowest BCUT2D eigenvalue weighted by Crippen LogP contribution is -2.15. The summed E-state index contributed by atoms with van der Waals surface area (Å²) in [4.78, 5) is 12.4. The molecular formula is C24H28N4O3S. The standard InChI is InChI=1S/C24H28N4O3S/c1-4-8-18-11-13-19(14-12-18)31-16-22-26-27-24(28(22)15-5-2)32-17-23(29)25-20-9-6-7-10-21(20)30-3/h5-7,9-14H,2,4,8,15-17H2,1,3H3,(H,25,29). The molecule has 3 rings (SSSR count). The van der Waals surface area contributed by atoms with Crippen LogP contribution in [0.3, 0.4) is 0 Å². The number of benzene rings is 2. The third kappa shape index (κ3) is 6.37. The molecule has 2 aromatic carbocycles. The zero-order valence-electron chi connectivity index (χ0n) is 18.4. The van der Waals surface area contributed by atoms with Gasteiger partial charge in [0.15, 0.2) is 11.0 Å². The van der Waals surface area contributed by atoms with Crippen molar-refractivity contribution >= 4 is 23.4 Å². The maximum atomic E-state index is 12.4. The number of anilines is 1. The van der Waals surface area contributed by atoms with Crippen LogP contribution < -0.4 is 14.8 Å². The molecule has 1 aromatic heterocycles. The number of carbonyl (C=O) groups is 1. The van der Waals surface area contributed by atoms with Gasteiger partial charge in [0.1, 0.15) is 18.1 Å². The van der Waals surface area contributed by atoms with E-state index in [1.807, 2.05) is 28.8 Å². The first-order valence-electron chi connectivity index (χ1n) is 10.4. The highest BCUT2D eigenvalue weighted by Crippen LogP contribution is 2.24. The van der Waals surface area contributed by atoms with Gasteiger partial charge in [-0.3, -0.25) is 9.36 Å². The largest absolute Gasteiger partial charge is 0.495 e. The Balaban J connectivity index is 1.60. The first kappa shape index (κ1) is 23.4. The summed E-state index contributed by atoms with van der Waals surface area (Å²) < 4.78 is 13.1. The van der Waals surface area contributed by atoms with Crippen molar-refractivity contribution in [2.75, 3.05) is 18.2 Å². The van der Waals surface area contributed by atoms with Crippen LogP contribution in [0.5, 0.6) is 11.5 Å². The van der Waals surface area contributed by atoms with Crippen LogP contribution in [0.2, 0.25) is 0 Å². The highest BCUT2D eigenvalue weighted by atomic mass is 32.2. The van der Waals surface area contributed by atoms with Crippen LogP contribution in [0, 0.1) is 0 Å². The van der Waals surface area contributed by atoms with Crippen molar-refractivity contribution in [2.24, 2.45) is 0 Å². The molecule has 3 aromatic rings. The molecule has 1 N–H and O–H groups in total. The van der Waals surface area contributed by atoms with E-state index >= 15 is 0 Å². The lowest BCUT2D eigenvalue weighted by Gasteiger charge is -2.11. The van der Waals surface area contributed by atoms with E-state index in [0.717, 1.165) is 18.6 Å². The Kier molecular flexibility index (Phi) is 8.74. The molecule has 0 fully saturated rings. The minimum atomic E-state index is -0.155. The van der Waals surface area contributed by atoms with Gasteiger partial charge in [-0.25, -0.2) is 0 Å². The number of allylic oxidation sites excluding steroid dienone is 1. The van der Waals surface area contributed by atoms with Crippen molar-refractivity contribution in [3.63, 3.8) is 0 Å². The number of thioether (sulfide) groups is 1. The molecule has 168 valence electrons. The van der Waals surface area contributed by atoms with Crippen molar-refractivity contribution in [1.29, 1.82) is 0 Å². The topological polar surface area (TPSA) is 78.3 Å². The third-order valence-corrected chi connectivity index (χ3v) is 5.62. The number of hydrogen-bond donors (Lipinski definition) is 1. The fraction of sp³-hybridized carbons (Fsp3) is 0.292. The number of nitrogens with zero attached hydrogens (tertiary/aromatic N) is 3. The first-order chi connectivity index (χ1) is 15.6. The molecule has 32 heavy (non-hydrogen) atoms. The minimum Gasteiger partial charge on any atom is -0.495 e. The number of rotatable bonds is 12.